The van der Waals surface area contributed by atoms with Crippen molar-refractivity contribution in [3.8, 4) is 11.4 Å². The molecule has 33 heavy (non-hydrogen) atoms. The number of pyridine rings is 1. The van der Waals surface area contributed by atoms with Crippen molar-refractivity contribution in [3.05, 3.63) is 89.9 Å². The van der Waals surface area contributed by atoms with E-state index in [4.69, 9.17) is 0 Å². The van der Waals surface area contributed by atoms with E-state index >= 15 is 0 Å². The highest BCUT2D eigenvalue weighted by atomic mass is 19.1. The Morgan fingerprint density at radius 1 is 1.06 bits per heavy atom. The Labute approximate surface area is 192 Å². The molecule has 1 N–H and O–H groups in total. The van der Waals surface area contributed by atoms with Crippen molar-refractivity contribution >= 4 is 16.8 Å². The number of piperidine rings is 1. The van der Waals surface area contributed by atoms with Crippen molar-refractivity contribution in [2.24, 2.45) is 7.05 Å². The summed E-state index contributed by atoms with van der Waals surface area (Å²) in [7, 11) is 1.94. The molecule has 1 saturated heterocycles. The number of halogens is 1. The number of hydrogen-bond donors (Lipinski definition) is 1. The summed E-state index contributed by atoms with van der Waals surface area (Å²) in [5, 5.41) is 3.73. The molecule has 0 unspecified atom stereocenters. The van der Waals surface area contributed by atoms with Crippen molar-refractivity contribution in [3.63, 3.8) is 0 Å². The number of aryl methyl sites for hydroxylation is 1. The number of amides is 1. The lowest BCUT2D eigenvalue weighted by Crippen LogP contribution is -2.44. The summed E-state index contributed by atoms with van der Waals surface area (Å²) in [5.41, 5.74) is 3.98. The molecule has 1 fully saturated rings. The van der Waals surface area contributed by atoms with Crippen LogP contribution < -0.4 is 5.32 Å². The standard InChI is InChI=1S/C27H27FN4O/c1-31-13-5-8-26(31)25-17-23(22-16-20(28)9-10-24(22)30-25)27(33)29-21-11-14-32(15-12-21)18-19-6-3-2-4-7-19/h2-10,13,16-17,21H,11-12,14-15,18H2,1H3,(H,29,33). The van der Waals surface area contributed by atoms with Gasteiger partial charge in [0.25, 0.3) is 5.91 Å². The van der Waals surface area contributed by atoms with E-state index < -0.39 is 0 Å². The summed E-state index contributed by atoms with van der Waals surface area (Å²) in [6, 6.07) is 20.6. The van der Waals surface area contributed by atoms with Gasteiger partial charge in [0.15, 0.2) is 0 Å². The molecule has 168 valence electrons. The van der Waals surface area contributed by atoms with Crippen molar-refractivity contribution in [2.45, 2.75) is 25.4 Å². The van der Waals surface area contributed by atoms with Crippen LogP contribution in [0.4, 0.5) is 4.39 Å². The molecule has 0 bridgehead atoms. The van der Waals surface area contributed by atoms with Crippen LogP contribution in [0.15, 0.2) is 72.9 Å². The molecular weight excluding hydrogens is 415 g/mol. The van der Waals surface area contributed by atoms with Gasteiger partial charge in [0.05, 0.1) is 22.5 Å². The lowest BCUT2D eigenvalue weighted by molar-refractivity contribution is 0.0910. The molecule has 1 aliphatic rings. The first-order valence-electron chi connectivity index (χ1n) is 11.4. The molecule has 3 heterocycles. The van der Waals surface area contributed by atoms with Gasteiger partial charge in [-0.2, -0.15) is 0 Å². The summed E-state index contributed by atoms with van der Waals surface area (Å²) < 4.78 is 16.0. The molecular formula is C27H27FN4O. The largest absolute Gasteiger partial charge is 0.349 e. The molecule has 5 nitrogen and oxygen atoms in total. The number of likely N-dealkylation sites (tertiary alicyclic amines) is 1. The average Bonchev–Trinajstić information content (AvgIpc) is 3.26. The number of rotatable bonds is 5. The second-order valence-corrected chi connectivity index (χ2v) is 8.73. The highest BCUT2D eigenvalue weighted by Gasteiger charge is 2.23. The minimum atomic E-state index is -0.376. The number of nitrogens with one attached hydrogen (secondary N) is 1. The van der Waals surface area contributed by atoms with E-state index in [1.165, 1.54) is 17.7 Å². The number of carbonyl (C=O) groups excluding carboxylic acids is 1. The Morgan fingerprint density at radius 3 is 2.58 bits per heavy atom. The Kier molecular flexibility index (Phi) is 5.92. The number of nitrogens with zero attached hydrogens (tertiary/aromatic N) is 3. The smallest absolute Gasteiger partial charge is 0.252 e. The van der Waals surface area contributed by atoms with E-state index in [1.54, 1.807) is 12.1 Å². The van der Waals surface area contributed by atoms with E-state index in [0.717, 1.165) is 38.2 Å². The highest BCUT2D eigenvalue weighted by Crippen LogP contribution is 2.26. The van der Waals surface area contributed by atoms with Gasteiger partial charge in [-0.15, -0.1) is 0 Å². The van der Waals surface area contributed by atoms with Crippen LogP contribution in [0.2, 0.25) is 0 Å². The van der Waals surface area contributed by atoms with Gasteiger partial charge in [0, 0.05) is 44.3 Å². The molecule has 0 saturated carbocycles. The molecule has 2 aromatic heterocycles. The second-order valence-electron chi connectivity index (χ2n) is 8.73. The summed E-state index contributed by atoms with van der Waals surface area (Å²) in [6.45, 7) is 2.79. The molecule has 0 aliphatic carbocycles. The molecule has 6 heteroatoms. The number of fused-ring (bicyclic) bond motifs is 1. The van der Waals surface area contributed by atoms with Crippen molar-refractivity contribution in [1.82, 2.24) is 19.8 Å². The first kappa shape index (κ1) is 21.3. The van der Waals surface area contributed by atoms with Gasteiger partial charge in [-0.3, -0.25) is 9.69 Å². The van der Waals surface area contributed by atoms with Gasteiger partial charge in [0.2, 0.25) is 0 Å². The topological polar surface area (TPSA) is 50.2 Å². The monoisotopic (exact) mass is 442 g/mol. The Morgan fingerprint density at radius 2 is 1.85 bits per heavy atom. The molecule has 0 atom stereocenters. The van der Waals surface area contributed by atoms with Crippen LogP contribution in [-0.2, 0) is 13.6 Å². The minimum Gasteiger partial charge on any atom is -0.349 e. The molecule has 1 amide bonds. The Hall–Kier alpha value is -3.51. The summed E-state index contributed by atoms with van der Waals surface area (Å²) >= 11 is 0. The molecule has 2 aromatic carbocycles. The van der Waals surface area contributed by atoms with E-state index in [0.29, 0.717) is 22.2 Å². The van der Waals surface area contributed by atoms with Crippen LogP contribution in [0, 0.1) is 5.82 Å². The maximum absolute atomic E-state index is 14.0. The van der Waals surface area contributed by atoms with E-state index in [2.05, 4.69) is 39.5 Å². The third-order valence-corrected chi connectivity index (χ3v) is 6.39. The van der Waals surface area contributed by atoms with E-state index in [1.807, 2.05) is 36.0 Å². The third kappa shape index (κ3) is 4.66. The molecule has 5 rings (SSSR count). The van der Waals surface area contributed by atoms with Crippen molar-refractivity contribution in [2.75, 3.05) is 13.1 Å². The van der Waals surface area contributed by atoms with Gasteiger partial charge in [-0.25, -0.2) is 9.37 Å². The molecule has 4 aromatic rings. The van der Waals surface area contributed by atoms with Crippen LogP contribution >= 0.6 is 0 Å². The SMILES string of the molecule is Cn1cccc1-c1cc(C(=O)NC2CCN(Cc3ccccc3)CC2)c2cc(F)ccc2n1. The zero-order valence-electron chi connectivity index (χ0n) is 18.7. The Balaban J connectivity index is 1.34. The maximum Gasteiger partial charge on any atom is 0.252 e. The van der Waals surface area contributed by atoms with Crippen molar-refractivity contribution in [1.29, 1.82) is 0 Å². The van der Waals surface area contributed by atoms with E-state index in [-0.39, 0.29) is 17.8 Å². The van der Waals surface area contributed by atoms with E-state index in [9.17, 15) is 9.18 Å². The fourth-order valence-corrected chi connectivity index (χ4v) is 4.58. The summed E-state index contributed by atoms with van der Waals surface area (Å²) in [6.07, 6.45) is 3.72. The molecule has 1 aliphatic heterocycles. The van der Waals surface area contributed by atoms with Gasteiger partial charge < -0.3 is 9.88 Å². The van der Waals surface area contributed by atoms with Gasteiger partial charge in [-0.1, -0.05) is 30.3 Å². The highest BCUT2D eigenvalue weighted by molar-refractivity contribution is 6.07. The minimum absolute atomic E-state index is 0.0970. The Bertz CT molecular complexity index is 1280. The lowest BCUT2D eigenvalue weighted by atomic mass is 10.0. The van der Waals surface area contributed by atoms with Gasteiger partial charge in [0.1, 0.15) is 5.82 Å². The van der Waals surface area contributed by atoms with Gasteiger partial charge in [-0.05, 0) is 54.8 Å². The first-order chi connectivity index (χ1) is 16.1. The van der Waals surface area contributed by atoms with Crippen LogP contribution in [0.3, 0.4) is 0 Å². The van der Waals surface area contributed by atoms with Gasteiger partial charge >= 0.3 is 0 Å². The fourth-order valence-electron chi connectivity index (χ4n) is 4.58. The first-order valence-corrected chi connectivity index (χ1v) is 11.4. The number of aromatic nitrogens is 2. The maximum atomic E-state index is 14.0. The fraction of sp³-hybridized carbons (Fsp3) is 0.259. The number of benzene rings is 2. The normalized spacial score (nSPS) is 15.1. The summed E-state index contributed by atoms with van der Waals surface area (Å²) in [5.74, 6) is -0.552. The van der Waals surface area contributed by atoms with Crippen LogP contribution in [-0.4, -0.2) is 39.5 Å². The number of carbonyl (C=O) groups is 1. The average molecular weight is 443 g/mol. The predicted molar refractivity (Wildman–Crippen MR) is 128 cm³/mol. The number of hydrogen-bond acceptors (Lipinski definition) is 3. The van der Waals surface area contributed by atoms with Crippen molar-refractivity contribution < 1.29 is 9.18 Å². The summed E-state index contributed by atoms with van der Waals surface area (Å²) in [4.78, 5) is 20.4. The zero-order valence-corrected chi connectivity index (χ0v) is 18.7. The molecule has 0 spiro atoms. The third-order valence-electron chi connectivity index (χ3n) is 6.39. The lowest BCUT2D eigenvalue weighted by Gasteiger charge is -2.32. The second kappa shape index (κ2) is 9.16. The zero-order chi connectivity index (χ0) is 22.8. The predicted octanol–water partition coefficient (Wildman–Crippen LogP) is 4.77. The van der Waals surface area contributed by atoms with Crippen LogP contribution in [0.5, 0.6) is 0 Å². The quantitative estimate of drug-likeness (QED) is 0.484. The van der Waals surface area contributed by atoms with Crippen LogP contribution in [0.25, 0.3) is 22.3 Å². The molecule has 0 radical (unpaired) electrons. The van der Waals surface area contributed by atoms with Crippen LogP contribution in [0.1, 0.15) is 28.8 Å².